The predicted octanol–water partition coefficient (Wildman–Crippen LogP) is 1.65. The number of nitrogens with zero attached hydrogens (tertiary/aromatic N) is 4. The normalized spacial score (nSPS) is 15.0. The summed E-state index contributed by atoms with van der Waals surface area (Å²) in [4.78, 5) is 22.2. The monoisotopic (exact) mass is 286 g/mol. The molecule has 3 rings (SSSR count). The van der Waals surface area contributed by atoms with Gasteiger partial charge < -0.3 is 9.42 Å². The SMILES string of the molecule is Cn1oc(=O)nc1N(Cc1cnc(Cl)s1)C1CC1. The van der Waals surface area contributed by atoms with Crippen LogP contribution in [0.1, 0.15) is 17.7 Å². The van der Waals surface area contributed by atoms with Gasteiger partial charge in [0.25, 0.3) is 0 Å². The number of thiazole rings is 1. The molecule has 96 valence electrons. The summed E-state index contributed by atoms with van der Waals surface area (Å²) in [5, 5.41) is 0. The van der Waals surface area contributed by atoms with Crippen molar-refractivity contribution in [2.24, 2.45) is 7.05 Å². The van der Waals surface area contributed by atoms with Gasteiger partial charge in [0.2, 0.25) is 5.95 Å². The third kappa shape index (κ3) is 2.28. The minimum absolute atomic E-state index is 0.418. The van der Waals surface area contributed by atoms with Crippen LogP contribution in [-0.4, -0.2) is 20.7 Å². The zero-order chi connectivity index (χ0) is 12.7. The molecule has 1 aliphatic carbocycles. The lowest BCUT2D eigenvalue weighted by Crippen LogP contribution is -2.27. The van der Waals surface area contributed by atoms with Crippen LogP contribution in [0, 0.1) is 0 Å². The summed E-state index contributed by atoms with van der Waals surface area (Å²) < 4.78 is 6.82. The first-order chi connectivity index (χ1) is 8.63. The van der Waals surface area contributed by atoms with E-state index in [2.05, 4.69) is 14.9 Å². The highest BCUT2D eigenvalue weighted by Crippen LogP contribution is 2.32. The molecule has 18 heavy (non-hydrogen) atoms. The third-order valence-corrected chi connectivity index (χ3v) is 3.88. The molecule has 0 N–H and O–H groups in total. The molecule has 6 nitrogen and oxygen atoms in total. The molecular weight excluding hydrogens is 276 g/mol. The van der Waals surface area contributed by atoms with E-state index in [9.17, 15) is 4.79 Å². The Kier molecular flexibility index (Phi) is 2.87. The molecule has 0 aromatic carbocycles. The van der Waals surface area contributed by atoms with Gasteiger partial charge >= 0.3 is 5.76 Å². The summed E-state index contributed by atoms with van der Waals surface area (Å²) in [6.45, 7) is 0.648. The van der Waals surface area contributed by atoms with E-state index in [0.29, 0.717) is 23.0 Å². The van der Waals surface area contributed by atoms with E-state index in [-0.39, 0.29) is 0 Å². The average Bonchev–Trinajstić information content (AvgIpc) is 2.99. The molecule has 0 radical (unpaired) electrons. The van der Waals surface area contributed by atoms with Crippen molar-refractivity contribution in [3.05, 3.63) is 26.1 Å². The Morgan fingerprint density at radius 2 is 2.44 bits per heavy atom. The molecule has 0 spiro atoms. The minimum atomic E-state index is -0.569. The highest BCUT2D eigenvalue weighted by Gasteiger charge is 2.32. The van der Waals surface area contributed by atoms with Crippen LogP contribution in [-0.2, 0) is 13.6 Å². The Morgan fingerprint density at radius 3 is 2.94 bits per heavy atom. The lowest BCUT2D eigenvalue weighted by molar-refractivity contribution is 0.284. The number of anilines is 1. The van der Waals surface area contributed by atoms with Crippen LogP contribution >= 0.6 is 22.9 Å². The Morgan fingerprint density at radius 1 is 1.67 bits per heavy atom. The molecule has 8 heteroatoms. The second kappa shape index (κ2) is 4.40. The summed E-state index contributed by atoms with van der Waals surface area (Å²) in [5.74, 6) is -0.00694. The molecule has 0 saturated heterocycles. The van der Waals surface area contributed by atoms with Gasteiger partial charge in [-0.1, -0.05) is 11.6 Å². The molecule has 0 unspecified atom stereocenters. The van der Waals surface area contributed by atoms with Crippen LogP contribution in [0.2, 0.25) is 4.47 Å². The maximum atomic E-state index is 11.2. The summed E-state index contributed by atoms with van der Waals surface area (Å²) in [6, 6.07) is 0.418. The highest BCUT2D eigenvalue weighted by molar-refractivity contribution is 7.15. The van der Waals surface area contributed by atoms with Crippen LogP contribution in [0.4, 0.5) is 5.95 Å². The number of rotatable bonds is 4. The van der Waals surface area contributed by atoms with Crippen molar-refractivity contribution in [1.29, 1.82) is 0 Å². The van der Waals surface area contributed by atoms with Gasteiger partial charge in [0.15, 0.2) is 4.47 Å². The maximum absolute atomic E-state index is 11.2. The minimum Gasteiger partial charge on any atom is -0.332 e. The van der Waals surface area contributed by atoms with Crippen molar-refractivity contribution in [2.45, 2.75) is 25.4 Å². The van der Waals surface area contributed by atoms with Crippen molar-refractivity contribution < 1.29 is 4.52 Å². The van der Waals surface area contributed by atoms with Gasteiger partial charge in [0, 0.05) is 24.2 Å². The van der Waals surface area contributed by atoms with E-state index >= 15 is 0 Å². The average molecular weight is 287 g/mol. The molecule has 2 aromatic rings. The summed E-state index contributed by atoms with van der Waals surface area (Å²) in [7, 11) is 1.68. The van der Waals surface area contributed by atoms with Crippen LogP contribution in [0.3, 0.4) is 0 Å². The number of hydrogen-bond acceptors (Lipinski definition) is 6. The van der Waals surface area contributed by atoms with Gasteiger partial charge in [-0.15, -0.1) is 16.3 Å². The van der Waals surface area contributed by atoms with Crippen molar-refractivity contribution >= 4 is 28.9 Å². The quantitative estimate of drug-likeness (QED) is 0.855. The van der Waals surface area contributed by atoms with Gasteiger partial charge in [-0.3, -0.25) is 0 Å². The molecule has 0 bridgehead atoms. The Labute approximate surface area is 112 Å². The van der Waals surface area contributed by atoms with Crippen LogP contribution in [0.15, 0.2) is 15.5 Å². The van der Waals surface area contributed by atoms with Crippen molar-refractivity contribution in [3.8, 4) is 0 Å². The van der Waals surface area contributed by atoms with Gasteiger partial charge in [-0.25, -0.2) is 9.78 Å². The molecule has 2 aromatic heterocycles. The Hall–Kier alpha value is -1.34. The lowest BCUT2D eigenvalue weighted by atomic mass is 10.4. The third-order valence-electron chi connectivity index (χ3n) is 2.78. The van der Waals surface area contributed by atoms with Gasteiger partial charge in [-0.2, -0.15) is 4.74 Å². The number of hydrogen-bond donors (Lipinski definition) is 0. The maximum Gasteiger partial charge on any atom is 0.461 e. The summed E-state index contributed by atoms with van der Waals surface area (Å²) in [6.07, 6.45) is 3.96. The van der Waals surface area contributed by atoms with Gasteiger partial charge in [0.05, 0.1) is 6.54 Å². The van der Waals surface area contributed by atoms with Crippen LogP contribution in [0.5, 0.6) is 0 Å². The topological polar surface area (TPSA) is 64.2 Å². The summed E-state index contributed by atoms with van der Waals surface area (Å²) in [5.41, 5.74) is 0. The van der Waals surface area contributed by atoms with Crippen LogP contribution < -0.4 is 10.7 Å². The number of aromatic nitrogens is 3. The first-order valence-electron chi connectivity index (χ1n) is 5.54. The second-order valence-electron chi connectivity index (χ2n) is 4.21. The predicted molar refractivity (Wildman–Crippen MR) is 68.1 cm³/mol. The van der Waals surface area contributed by atoms with E-state index < -0.39 is 5.76 Å². The zero-order valence-corrected chi connectivity index (χ0v) is 11.2. The number of halogens is 1. The molecule has 0 aliphatic heterocycles. The summed E-state index contributed by atoms with van der Waals surface area (Å²) >= 11 is 7.26. The fraction of sp³-hybridized carbons (Fsp3) is 0.500. The molecule has 0 amide bonds. The van der Waals surface area contributed by atoms with E-state index in [4.69, 9.17) is 16.1 Å². The van der Waals surface area contributed by atoms with E-state index in [1.165, 1.54) is 16.1 Å². The fourth-order valence-electron chi connectivity index (χ4n) is 1.85. The smallest absolute Gasteiger partial charge is 0.332 e. The highest BCUT2D eigenvalue weighted by atomic mass is 35.5. The van der Waals surface area contributed by atoms with E-state index in [0.717, 1.165) is 17.7 Å². The molecule has 1 aliphatic rings. The van der Waals surface area contributed by atoms with Gasteiger partial charge in [-0.05, 0) is 12.8 Å². The second-order valence-corrected chi connectivity index (χ2v) is 5.90. The molecule has 2 heterocycles. The first-order valence-corrected chi connectivity index (χ1v) is 6.74. The fourth-order valence-corrected chi connectivity index (χ4v) is 2.83. The van der Waals surface area contributed by atoms with Crippen molar-refractivity contribution in [2.75, 3.05) is 4.90 Å². The van der Waals surface area contributed by atoms with Crippen molar-refractivity contribution in [3.63, 3.8) is 0 Å². The van der Waals surface area contributed by atoms with Crippen molar-refractivity contribution in [1.82, 2.24) is 14.7 Å². The van der Waals surface area contributed by atoms with Gasteiger partial charge in [0.1, 0.15) is 0 Å². The number of aryl methyl sites for hydroxylation is 1. The molecule has 1 saturated carbocycles. The molecule has 0 atom stereocenters. The van der Waals surface area contributed by atoms with E-state index in [1.807, 2.05) is 0 Å². The standard InChI is InChI=1S/C10H11ClN4O2S/c1-14-9(13-10(16)17-14)15(6-2-3-6)5-7-4-12-8(11)18-7/h4,6H,2-3,5H2,1H3. The Bertz CT molecular complexity index is 615. The first kappa shape index (κ1) is 11.7. The van der Waals surface area contributed by atoms with Crippen LogP contribution in [0.25, 0.3) is 0 Å². The largest absolute Gasteiger partial charge is 0.461 e. The molecule has 1 fully saturated rings. The van der Waals surface area contributed by atoms with E-state index in [1.54, 1.807) is 13.2 Å². The molecular formula is C10H11ClN4O2S. The lowest BCUT2D eigenvalue weighted by Gasteiger charge is -2.20. The zero-order valence-electron chi connectivity index (χ0n) is 9.67. The Balaban J connectivity index is 1.88.